The van der Waals surface area contributed by atoms with Crippen molar-refractivity contribution in [2.75, 3.05) is 27.3 Å². The summed E-state index contributed by atoms with van der Waals surface area (Å²) in [5, 5.41) is 7.59. The first-order chi connectivity index (χ1) is 29.7. The van der Waals surface area contributed by atoms with Gasteiger partial charge in [0.2, 0.25) is 11.8 Å². The number of imidazole rings is 2. The van der Waals surface area contributed by atoms with Gasteiger partial charge >= 0.3 is 12.2 Å². The van der Waals surface area contributed by atoms with Crippen LogP contribution in [0.2, 0.25) is 0 Å². The van der Waals surface area contributed by atoms with Crippen LogP contribution in [-0.2, 0) is 19.1 Å². The zero-order valence-corrected chi connectivity index (χ0v) is 37.9. The normalized spacial score (nSPS) is 20.0. The fourth-order valence-electron chi connectivity index (χ4n) is 8.87. The van der Waals surface area contributed by atoms with Crippen LogP contribution in [0.15, 0.2) is 60.0 Å². The van der Waals surface area contributed by atoms with Crippen LogP contribution in [0.4, 0.5) is 9.59 Å². The van der Waals surface area contributed by atoms with Gasteiger partial charge in [-0.25, -0.2) is 19.6 Å². The van der Waals surface area contributed by atoms with Gasteiger partial charge in [-0.15, -0.1) is 22.7 Å². The molecule has 0 aliphatic carbocycles. The van der Waals surface area contributed by atoms with Gasteiger partial charge in [-0.05, 0) is 77.3 Å². The number of ether oxygens (including phenoxy) is 2. The Kier molecular flexibility index (Phi) is 12.2. The molecule has 8 rings (SSSR count). The van der Waals surface area contributed by atoms with E-state index >= 15 is 0 Å². The third-order valence-corrected chi connectivity index (χ3v) is 14.2. The summed E-state index contributed by atoms with van der Waals surface area (Å²) in [5.74, 6) is 1.35. The molecular formula is C46H54N8O6S2. The molecule has 4 aromatic heterocycles. The van der Waals surface area contributed by atoms with E-state index in [4.69, 9.17) is 19.4 Å². The Bertz CT molecular complexity index is 2580. The third-order valence-electron chi connectivity index (χ3n) is 12.1. The highest BCUT2D eigenvalue weighted by molar-refractivity contribution is 7.28. The molecule has 2 aromatic carbocycles. The first-order valence-corrected chi connectivity index (χ1v) is 22.9. The molecule has 326 valence electrons. The summed E-state index contributed by atoms with van der Waals surface area (Å²) in [5.41, 5.74) is 6.34. The van der Waals surface area contributed by atoms with E-state index < -0.39 is 24.3 Å². The molecule has 4 N–H and O–H groups in total. The number of thiophene rings is 2. The zero-order chi connectivity index (χ0) is 44.0. The van der Waals surface area contributed by atoms with Crippen molar-refractivity contribution < 1.29 is 28.7 Å². The van der Waals surface area contributed by atoms with Crippen LogP contribution in [0.5, 0.6) is 0 Å². The number of hydrogen-bond donors (Lipinski definition) is 4. The Hall–Kier alpha value is -5.74. The van der Waals surface area contributed by atoms with Crippen LogP contribution >= 0.6 is 22.7 Å². The molecule has 0 unspecified atom stereocenters. The molecule has 2 saturated heterocycles. The van der Waals surface area contributed by atoms with Gasteiger partial charge in [0.15, 0.2) is 0 Å². The SMILES string of the molecule is COC(=O)N[C@H](C(=O)N1C[C@@H](C)C[C@H]1c1nc(-c2ccc(-c3ccc4nc([C@@H]5C[C@H](C)CN5C(=O)[C@@H](NC(=O)OC)C(C)C)[nH]c4c3)cc2)c(-c2cc3sccc3s2)[nH]1)C(C)C. The van der Waals surface area contributed by atoms with Gasteiger partial charge in [0.1, 0.15) is 23.7 Å². The Morgan fingerprint density at radius 3 is 1.81 bits per heavy atom. The van der Waals surface area contributed by atoms with Crippen LogP contribution in [-0.4, -0.2) is 93.1 Å². The number of aromatic nitrogens is 4. The van der Waals surface area contributed by atoms with Crippen LogP contribution in [0.25, 0.3) is 53.4 Å². The summed E-state index contributed by atoms with van der Waals surface area (Å²) in [4.78, 5) is 74.6. The maximum atomic E-state index is 14.1. The molecule has 2 fully saturated rings. The lowest BCUT2D eigenvalue weighted by Gasteiger charge is -2.30. The molecule has 6 heterocycles. The number of nitrogens with one attached hydrogen (secondary N) is 4. The molecule has 0 radical (unpaired) electrons. The fourth-order valence-corrected chi connectivity index (χ4v) is 11.0. The first-order valence-electron chi connectivity index (χ1n) is 21.2. The molecule has 0 saturated carbocycles. The topological polar surface area (TPSA) is 175 Å². The number of methoxy groups -OCH3 is 2. The number of aromatic amines is 2. The van der Waals surface area contributed by atoms with Gasteiger partial charge in [-0.3, -0.25) is 9.59 Å². The van der Waals surface area contributed by atoms with Crippen molar-refractivity contribution in [1.29, 1.82) is 0 Å². The number of nitrogens with zero attached hydrogens (tertiary/aromatic N) is 4. The number of likely N-dealkylation sites (tertiary alicyclic amines) is 2. The van der Waals surface area contributed by atoms with E-state index in [2.05, 4.69) is 88.4 Å². The predicted octanol–water partition coefficient (Wildman–Crippen LogP) is 9.14. The lowest BCUT2D eigenvalue weighted by molar-refractivity contribution is -0.136. The molecule has 0 bridgehead atoms. The van der Waals surface area contributed by atoms with Crippen LogP contribution < -0.4 is 10.6 Å². The highest BCUT2D eigenvalue weighted by atomic mass is 32.1. The average molecular weight is 879 g/mol. The summed E-state index contributed by atoms with van der Waals surface area (Å²) < 4.78 is 12.1. The predicted molar refractivity (Wildman–Crippen MR) is 243 cm³/mol. The number of carbonyl (C=O) groups is 4. The number of benzene rings is 2. The molecule has 6 aromatic rings. The summed E-state index contributed by atoms with van der Waals surface area (Å²) in [6, 6.07) is 16.8. The van der Waals surface area contributed by atoms with E-state index in [0.29, 0.717) is 18.9 Å². The van der Waals surface area contributed by atoms with E-state index in [-0.39, 0.29) is 47.6 Å². The van der Waals surface area contributed by atoms with Crippen molar-refractivity contribution in [3.8, 4) is 33.0 Å². The summed E-state index contributed by atoms with van der Waals surface area (Å²) in [7, 11) is 2.59. The number of rotatable bonds is 11. The lowest BCUT2D eigenvalue weighted by Crippen LogP contribution is -2.51. The van der Waals surface area contributed by atoms with E-state index in [1.54, 1.807) is 22.7 Å². The number of hydrogen-bond acceptors (Lipinski definition) is 10. The molecular weight excluding hydrogens is 825 g/mol. The number of H-pyrrole nitrogens is 2. The number of alkyl carbamates (subject to hydrolysis) is 2. The molecule has 14 nitrogen and oxygen atoms in total. The highest BCUT2D eigenvalue weighted by Gasteiger charge is 2.42. The highest BCUT2D eigenvalue weighted by Crippen LogP contribution is 2.43. The van der Waals surface area contributed by atoms with E-state index in [1.165, 1.54) is 23.6 Å². The zero-order valence-electron chi connectivity index (χ0n) is 36.3. The van der Waals surface area contributed by atoms with E-state index in [0.717, 1.165) is 62.7 Å². The molecule has 6 atom stereocenters. The smallest absolute Gasteiger partial charge is 0.407 e. The maximum Gasteiger partial charge on any atom is 0.407 e. The van der Waals surface area contributed by atoms with Gasteiger partial charge in [0.05, 0.1) is 53.6 Å². The summed E-state index contributed by atoms with van der Waals surface area (Å²) in [6.07, 6.45) is 0.220. The standard InChI is InChI=1S/C46H54N8O6S2/c1-23(2)37(51-45(57)59-7)43(55)53-21-25(5)17-32(53)41-47-30-14-13-29(19-31(30)48-41)27-9-11-28(12-10-27)39-40(36-20-35-34(62-36)15-16-61-35)50-42(49-39)33-18-26(6)22-54(33)44(56)38(24(3)4)52-46(58)60-8/h9-16,19-20,23-26,32-33,37-38H,17-18,21-22H2,1-8H3,(H,47,48)(H,49,50)(H,51,57)(H,52,58)/t25-,26-,32-,33-,37-,38-/m0/s1. The molecule has 16 heteroatoms. The molecule has 2 aliphatic rings. The fraction of sp³-hybridized carbons (Fsp3) is 0.435. The minimum absolute atomic E-state index is 0.129. The van der Waals surface area contributed by atoms with Crippen molar-refractivity contribution in [3.05, 3.63) is 71.6 Å². The van der Waals surface area contributed by atoms with Crippen molar-refractivity contribution in [2.24, 2.45) is 23.7 Å². The second kappa shape index (κ2) is 17.6. The number of fused-ring (bicyclic) bond motifs is 2. The Morgan fingerprint density at radius 2 is 1.26 bits per heavy atom. The van der Waals surface area contributed by atoms with Crippen molar-refractivity contribution in [2.45, 2.75) is 78.6 Å². The number of carbonyl (C=O) groups excluding carboxylic acids is 4. The largest absolute Gasteiger partial charge is 0.453 e. The minimum Gasteiger partial charge on any atom is -0.453 e. The van der Waals surface area contributed by atoms with Gasteiger partial charge < -0.3 is 39.9 Å². The Morgan fingerprint density at radius 1 is 0.710 bits per heavy atom. The Balaban J connectivity index is 1.09. The van der Waals surface area contributed by atoms with Gasteiger partial charge in [-0.2, -0.15) is 0 Å². The number of amides is 4. The third kappa shape index (κ3) is 8.41. The summed E-state index contributed by atoms with van der Waals surface area (Å²) >= 11 is 3.42. The van der Waals surface area contributed by atoms with Crippen LogP contribution in [0.3, 0.4) is 0 Å². The summed E-state index contributed by atoms with van der Waals surface area (Å²) in [6.45, 7) is 13.0. The lowest BCUT2D eigenvalue weighted by atomic mass is 10.0. The average Bonchev–Trinajstić information content (AvgIpc) is 4.11. The molecule has 4 amide bonds. The quantitative estimate of drug-likeness (QED) is 0.0997. The van der Waals surface area contributed by atoms with Crippen molar-refractivity contribution in [3.63, 3.8) is 0 Å². The minimum atomic E-state index is -0.738. The van der Waals surface area contributed by atoms with Crippen molar-refractivity contribution in [1.82, 2.24) is 40.4 Å². The van der Waals surface area contributed by atoms with Crippen LogP contribution in [0, 0.1) is 23.7 Å². The monoisotopic (exact) mass is 878 g/mol. The second-order valence-electron chi connectivity index (χ2n) is 17.4. The Labute approximate surface area is 368 Å². The van der Waals surface area contributed by atoms with Crippen LogP contribution in [0.1, 0.15) is 78.1 Å². The van der Waals surface area contributed by atoms with Gasteiger partial charge in [0, 0.05) is 28.1 Å². The molecule has 0 spiro atoms. The molecule has 62 heavy (non-hydrogen) atoms. The second-order valence-corrected chi connectivity index (χ2v) is 19.5. The van der Waals surface area contributed by atoms with Gasteiger partial charge in [-0.1, -0.05) is 71.9 Å². The maximum absolute atomic E-state index is 14.1. The van der Waals surface area contributed by atoms with Gasteiger partial charge in [0.25, 0.3) is 0 Å². The van der Waals surface area contributed by atoms with E-state index in [1.807, 2.05) is 43.6 Å². The van der Waals surface area contributed by atoms with Crippen molar-refractivity contribution >= 4 is 67.1 Å². The van der Waals surface area contributed by atoms with E-state index in [9.17, 15) is 19.2 Å². The molecule has 2 aliphatic heterocycles. The first kappa shape index (κ1) is 42.9.